The maximum absolute atomic E-state index is 14.9. The summed E-state index contributed by atoms with van der Waals surface area (Å²) in [6.45, 7) is -0.174. The maximum atomic E-state index is 14.9. The number of pyridine rings is 1. The van der Waals surface area contributed by atoms with E-state index in [2.05, 4.69) is 25.8 Å². The van der Waals surface area contributed by atoms with Crippen LogP contribution in [-0.2, 0) is 24.8 Å². The van der Waals surface area contributed by atoms with Crippen LogP contribution in [0.4, 0.5) is 19.0 Å². The lowest BCUT2D eigenvalue weighted by Crippen LogP contribution is -2.37. The molecule has 1 amide bonds. The number of carbonyl (C=O) groups is 1. The van der Waals surface area contributed by atoms with Crippen molar-refractivity contribution in [3.05, 3.63) is 129 Å². The zero-order chi connectivity index (χ0) is 37.0. The van der Waals surface area contributed by atoms with Gasteiger partial charge in [0.05, 0.1) is 44.4 Å². The van der Waals surface area contributed by atoms with Gasteiger partial charge in [-0.1, -0.05) is 23.7 Å². The molecule has 0 radical (unpaired) electrons. The Hall–Kier alpha value is -6.02. The molecule has 268 valence electrons. The standard InChI is InChI=1S/C38H31ClF3N9O2/c1-43-36-33-26(39)10-12-31(34(33)49(2)48-36)51-37(46-35-25(38(51)53)9-11-29(45-35)24-5-3-4-6-27(24)42)30(17-20-15-22(40)18-23(41)16-20)44-32(52)19-50-14-13-28(47-50)21-7-8-21/h3-6,9-16,18,21,30H,7-8,17,19H2,1-2H3,(H,43,48)(H,44,52)/t30-/m0/s1. The molecule has 4 heterocycles. The quantitative estimate of drug-likeness (QED) is 0.162. The average molecular weight is 738 g/mol. The fraction of sp³-hybridized carbons (Fsp3) is 0.211. The van der Waals surface area contributed by atoms with Gasteiger partial charge in [-0.2, -0.15) is 10.2 Å². The summed E-state index contributed by atoms with van der Waals surface area (Å²) in [7, 11) is 3.38. The molecule has 53 heavy (non-hydrogen) atoms. The number of carbonyl (C=O) groups excluding carboxylic acids is 1. The van der Waals surface area contributed by atoms with Gasteiger partial charge in [0, 0.05) is 44.3 Å². The minimum Gasteiger partial charge on any atom is -0.371 e. The number of anilines is 1. The van der Waals surface area contributed by atoms with Gasteiger partial charge in [-0.3, -0.25) is 23.5 Å². The van der Waals surface area contributed by atoms with Crippen LogP contribution in [0.1, 0.15) is 41.9 Å². The number of nitrogens with one attached hydrogen (secondary N) is 2. The Kier molecular flexibility index (Phi) is 8.69. The molecule has 0 unspecified atom stereocenters. The molecule has 1 saturated carbocycles. The topological polar surface area (TPSA) is 125 Å². The first kappa shape index (κ1) is 34.1. The third kappa shape index (κ3) is 6.50. The van der Waals surface area contributed by atoms with Crippen LogP contribution >= 0.6 is 11.6 Å². The van der Waals surface area contributed by atoms with Crippen molar-refractivity contribution in [3.63, 3.8) is 0 Å². The number of halogens is 4. The van der Waals surface area contributed by atoms with E-state index >= 15 is 0 Å². The summed E-state index contributed by atoms with van der Waals surface area (Å²) >= 11 is 6.67. The molecule has 1 aliphatic carbocycles. The van der Waals surface area contributed by atoms with E-state index in [-0.39, 0.29) is 46.6 Å². The van der Waals surface area contributed by atoms with E-state index in [1.165, 1.54) is 27.4 Å². The Morgan fingerprint density at radius 2 is 1.75 bits per heavy atom. The number of aromatic nitrogens is 7. The molecule has 8 rings (SSSR count). The summed E-state index contributed by atoms with van der Waals surface area (Å²) in [5.74, 6) is -1.82. The van der Waals surface area contributed by atoms with Crippen molar-refractivity contribution in [2.24, 2.45) is 7.05 Å². The lowest BCUT2D eigenvalue weighted by molar-refractivity contribution is -0.122. The highest BCUT2D eigenvalue weighted by Crippen LogP contribution is 2.39. The maximum Gasteiger partial charge on any atom is 0.267 e. The summed E-state index contributed by atoms with van der Waals surface area (Å²) in [6, 6.07) is 16.1. The van der Waals surface area contributed by atoms with Gasteiger partial charge < -0.3 is 10.6 Å². The van der Waals surface area contributed by atoms with E-state index < -0.39 is 35.0 Å². The first-order chi connectivity index (χ1) is 25.6. The number of rotatable bonds is 10. The van der Waals surface area contributed by atoms with Gasteiger partial charge in [-0.05, 0) is 73.0 Å². The number of hydrogen-bond donors (Lipinski definition) is 2. The van der Waals surface area contributed by atoms with Crippen molar-refractivity contribution in [2.45, 2.75) is 37.8 Å². The summed E-state index contributed by atoms with van der Waals surface area (Å²) in [4.78, 5) is 38.1. The highest BCUT2D eigenvalue weighted by atomic mass is 35.5. The molecule has 11 nitrogen and oxygen atoms in total. The molecule has 1 fully saturated rings. The number of nitrogens with zero attached hydrogens (tertiary/aromatic N) is 7. The molecular formula is C38H31ClF3N9O2. The normalized spacial score (nSPS) is 13.5. The second-order valence-corrected chi connectivity index (χ2v) is 13.4. The first-order valence-electron chi connectivity index (χ1n) is 16.9. The van der Waals surface area contributed by atoms with Crippen molar-refractivity contribution in [1.29, 1.82) is 0 Å². The fourth-order valence-corrected chi connectivity index (χ4v) is 6.95. The minimum absolute atomic E-state index is 0.00586. The highest BCUT2D eigenvalue weighted by molar-refractivity contribution is 6.36. The molecule has 0 bridgehead atoms. The van der Waals surface area contributed by atoms with Crippen LogP contribution in [0, 0.1) is 17.5 Å². The van der Waals surface area contributed by atoms with Crippen molar-refractivity contribution in [2.75, 3.05) is 12.4 Å². The summed E-state index contributed by atoms with van der Waals surface area (Å²) < 4.78 is 48.5. The molecule has 7 aromatic rings. The third-order valence-electron chi connectivity index (χ3n) is 9.27. The molecule has 1 atom stereocenters. The SMILES string of the molecule is CNc1nn(C)c2c(-n3c([C@H](Cc4cc(F)cc(F)c4)NC(=O)Cn4ccc(C5CC5)n4)nc4nc(-c5ccccc5F)ccc4c3=O)ccc(Cl)c12. The monoisotopic (exact) mass is 737 g/mol. The largest absolute Gasteiger partial charge is 0.371 e. The Bertz CT molecular complexity index is 2610. The van der Waals surface area contributed by atoms with Gasteiger partial charge in [-0.15, -0.1) is 0 Å². The highest BCUT2D eigenvalue weighted by Gasteiger charge is 2.29. The van der Waals surface area contributed by atoms with Crippen LogP contribution < -0.4 is 16.2 Å². The molecule has 0 aliphatic heterocycles. The predicted molar refractivity (Wildman–Crippen MR) is 195 cm³/mol. The van der Waals surface area contributed by atoms with E-state index in [1.807, 2.05) is 6.07 Å². The van der Waals surface area contributed by atoms with Gasteiger partial charge in [0.25, 0.3) is 5.56 Å². The Balaban J connectivity index is 1.35. The van der Waals surface area contributed by atoms with Crippen LogP contribution in [0.5, 0.6) is 0 Å². The molecule has 0 saturated heterocycles. The fourth-order valence-electron chi connectivity index (χ4n) is 6.70. The number of benzene rings is 3. The van der Waals surface area contributed by atoms with E-state index in [0.29, 0.717) is 33.3 Å². The molecule has 0 spiro atoms. The summed E-state index contributed by atoms with van der Waals surface area (Å²) in [5, 5.41) is 16.1. The Labute approximate surface area is 305 Å². The van der Waals surface area contributed by atoms with Crippen molar-refractivity contribution < 1.29 is 18.0 Å². The molecule has 15 heteroatoms. The van der Waals surface area contributed by atoms with Crippen LogP contribution in [0.25, 0.3) is 38.9 Å². The van der Waals surface area contributed by atoms with Crippen LogP contribution in [0.2, 0.25) is 5.02 Å². The van der Waals surface area contributed by atoms with E-state index in [0.717, 1.165) is 36.7 Å². The number of fused-ring (bicyclic) bond motifs is 2. The zero-order valence-corrected chi connectivity index (χ0v) is 29.2. The lowest BCUT2D eigenvalue weighted by Gasteiger charge is -2.23. The van der Waals surface area contributed by atoms with Gasteiger partial charge in [-0.25, -0.2) is 23.1 Å². The van der Waals surface area contributed by atoms with Crippen molar-refractivity contribution in [1.82, 2.24) is 39.4 Å². The predicted octanol–water partition coefficient (Wildman–Crippen LogP) is 6.62. The Morgan fingerprint density at radius 3 is 2.49 bits per heavy atom. The van der Waals surface area contributed by atoms with Gasteiger partial charge >= 0.3 is 0 Å². The second-order valence-electron chi connectivity index (χ2n) is 13.0. The molecule has 3 aromatic carbocycles. The van der Waals surface area contributed by atoms with Crippen LogP contribution in [0.3, 0.4) is 0 Å². The van der Waals surface area contributed by atoms with E-state index in [4.69, 9.17) is 16.6 Å². The van der Waals surface area contributed by atoms with Gasteiger partial charge in [0.1, 0.15) is 29.8 Å². The average Bonchev–Trinajstić information content (AvgIpc) is 3.78. The number of hydrogen-bond acceptors (Lipinski definition) is 7. The summed E-state index contributed by atoms with van der Waals surface area (Å²) in [5.41, 5.74) is 1.70. The smallest absolute Gasteiger partial charge is 0.267 e. The second kappa shape index (κ2) is 13.5. The van der Waals surface area contributed by atoms with E-state index in [9.17, 15) is 22.8 Å². The molecule has 4 aromatic heterocycles. The van der Waals surface area contributed by atoms with Crippen molar-refractivity contribution >= 4 is 45.3 Å². The lowest BCUT2D eigenvalue weighted by atomic mass is 10.0. The zero-order valence-electron chi connectivity index (χ0n) is 28.4. The van der Waals surface area contributed by atoms with Crippen LogP contribution in [-0.4, -0.2) is 47.1 Å². The summed E-state index contributed by atoms with van der Waals surface area (Å²) in [6.07, 6.45) is 3.62. The Morgan fingerprint density at radius 1 is 0.981 bits per heavy atom. The van der Waals surface area contributed by atoms with Gasteiger partial charge in [0.15, 0.2) is 11.5 Å². The van der Waals surface area contributed by atoms with E-state index in [1.54, 1.807) is 55.3 Å². The van der Waals surface area contributed by atoms with Crippen LogP contribution in [0.15, 0.2) is 83.8 Å². The molecular weight excluding hydrogens is 707 g/mol. The third-order valence-corrected chi connectivity index (χ3v) is 9.59. The minimum atomic E-state index is -1.15. The number of amides is 1. The molecule has 2 N–H and O–H groups in total. The number of aryl methyl sites for hydroxylation is 1. The van der Waals surface area contributed by atoms with Crippen molar-refractivity contribution in [3.8, 4) is 16.9 Å². The van der Waals surface area contributed by atoms with Gasteiger partial charge in [0.2, 0.25) is 5.91 Å². The molecule has 1 aliphatic rings. The first-order valence-corrected chi connectivity index (χ1v) is 17.3.